The highest BCUT2D eigenvalue weighted by Gasteiger charge is 2.16. The van der Waals surface area contributed by atoms with Crippen LogP contribution in [-0.2, 0) is 11.2 Å². The van der Waals surface area contributed by atoms with Gasteiger partial charge in [0.1, 0.15) is 6.04 Å². The maximum atomic E-state index is 11.6. The molecule has 1 heterocycles. The molecule has 0 aromatic carbocycles. The van der Waals surface area contributed by atoms with E-state index in [1.165, 1.54) is 0 Å². The second-order valence-electron chi connectivity index (χ2n) is 3.97. The van der Waals surface area contributed by atoms with E-state index in [1.807, 2.05) is 13.8 Å². The highest BCUT2D eigenvalue weighted by molar-refractivity contribution is 6.17. The van der Waals surface area contributed by atoms with Crippen molar-refractivity contribution < 1.29 is 9.21 Å². The Morgan fingerprint density at radius 1 is 1.41 bits per heavy atom. The van der Waals surface area contributed by atoms with Crippen molar-refractivity contribution in [2.45, 2.75) is 39.3 Å². The van der Waals surface area contributed by atoms with E-state index in [4.69, 9.17) is 16.0 Å². The van der Waals surface area contributed by atoms with Crippen molar-refractivity contribution in [3.05, 3.63) is 5.89 Å². The summed E-state index contributed by atoms with van der Waals surface area (Å²) in [6, 6.07) is -0.0977. The van der Waals surface area contributed by atoms with Crippen molar-refractivity contribution in [1.82, 2.24) is 15.5 Å². The Bertz CT molecular complexity index is 367. The van der Waals surface area contributed by atoms with Crippen LogP contribution in [-0.4, -0.2) is 34.1 Å². The lowest BCUT2D eigenvalue weighted by molar-refractivity contribution is -0.122. The molecule has 7 heteroatoms. The van der Waals surface area contributed by atoms with Crippen molar-refractivity contribution in [2.24, 2.45) is 0 Å². The standard InChI is InChI=1S/C10H17ClN4O2/c1-6(2)12-9(16)7(3)13-10-15-14-8(17-10)4-5-11/h6-7H,4-5H2,1-3H3,(H,12,16)(H,13,15). The van der Waals surface area contributed by atoms with E-state index in [0.717, 1.165) is 0 Å². The van der Waals surface area contributed by atoms with Crippen molar-refractivity contribution in [2.75, 3.05) is 11.2 Å². The minimum atomic E-state index is -0.429. The number of rotatable bonds is 6. The van der Waals surface area contributed by atoms with Gasteiger partial charge in [0.25, 0.3) is 0 Å². The predicted octanol–water partition coefficient (Wildman–Crippen LogP) is 1.18. The monoisotopic (exact) mass is 260 g/mol. The molecule has 1 atom stereocenters. The number of nitrogens with zero attached hydrogens (tertiary/aromatic N) is 2. The van der Waals surface area contributed by atoms with Gasteiger partial charge in [-0.2, -0.15) is 0 Å². The zero-order valence-electron chi connectivity index (χ0n) is 10.2. The molecule has 6 nitrogen and oxygen atoms in total. The third-order valence-corrected chi connectivity index (χ3v) is 2.13. The molecule has 0 aliphatic rings. The molecule has 0 bridgehead atoms. The summed E-state index contributed by atoms with van der Waals surface area (Å²) in [6.45, 7) is 5.52. The van der Waals surface area contributed by atoms with Gasteiger partial charge in [-0.25, -0.2) is 0 Å². The lowest BCUT2D eigenvalue weighted by Gasteiger charge is -2.14. The Hall–Kier alpha value is -1.30. The predicted molar refractivity (Wildman–Crippen MR) is 65.1 cm³/mol. The minimum Gasteiger partial charge on any atom is -0.408 e. The third-order valence-electron chi connectivity index (χ3n) is 1.94. The van der Waals surface area contributed by atoms with Crippen molar-refractivity contribution in [3.8, 4) is 0 Å². The molecule has 96 valence electrons. The molecule has 0 saturated carbocycles. The maximum absolute atomic E-state index is 11.6. The van der Waals surface area contributed by atoms with Crippen LogP contribution < -0.4 is 10.6 Å². The summed E-state index contributed by atoms with van der Waals surface area (Å²) in [5.41, 5.74) is 0. The van der Waals surface area contributed by atoms with Crippen LogP contribution in [0.15, 0.2) is 4.42 Å². The molecule has 2 N–H and O–H groups in total. The van der Waals surface area contributed by atoms with Gasteiger partial charge in [-0.1, -0.05) is 5.10 Å². The van der Waals surface area contributed by atoms with Gasteiger partial charge in [0.15, 0.2) is 0 Å². The number of alkyl halides is 1. The average Bonchev–Trinajstić information content (AvgIpc) is 2.65. The van der Waals surface area contributed by atoms with E-state index in [2.05, 4.69) is 20.8 Å². The molecule has 0 aliphatic heterocycles. The van der Waals surface area contributed by atoms with Crippen LogP contribution in [0.1, 0.15) is 26.7 Å². The molecule has 1 unspecified atom stereocenters. The number of anilines is 1. The highest BCUT2D eigenvalue weighted by atomic mass is 35.5. The fourth-order valence-electron chi connectivity index (χ4n) is 1.15. The van der Waals surface area contributed by atoms with E-state index >= 15 is 0 Å². The molecule has 17 heavy (non-hydrogen) atoms. The summed E-state index contributed by atoms with van der Waals surface area (Å²) in [7, 11) is 0. The summed E-state index contributed by atoms with van der Waals surface area (Å²) in [6.07, 6.45) is 0.517. The van der Waals surface area contributed by atoms with Gasteiger partial charge in [0, 0.05) is 18.3 Å². The number of amides is 1. The molecular formula is C10H17ClN4O2. The Balaban J connectivity index is 2.49. The van der Waals surface area contributed by atoms with E-state index < -0.39 is 6.04 Å². The van der Waals surface area contributed by atoms with E-state index in [-0.39, 0.29) is 18.0 Å². The Morgan fingerprint density at radius 2 is 2.12 bits per heavy atom. The minimum absolute atomic E-state index is 0.0984. The summed E-state index contributed by atoms with van der Waals surface area (Å²) in [5.74, 6) is 0.765. The van der Waals surface area contributed by atoms with Gasteiger partial charge in [-0.05, 0) is 20.8 Å². The first-order chi connectivity index (χ1) is 8.02. The van der Waals surface area contributed by atoms with Crippen LogP contribution >= 0.6 is 11.6 Å². The zero-order chi connectivity index (χ0) is 12.8. The Labute approximate surface area is 105 Å². The van der Waals surface area contributed by atoms with Crippen molar-refractivity contribution in [1.29, 1.82) is 0 Å². The first-order valence-electron chi connectivity index (χ1n) is 5.48. The summed E-state index contributed by atoms with van der Waals surface area (Å²) >= 11 is 5.55. The SMILES string of the molecule is CC(C)NC(=O)C(C)Nc1nnc(CCCl)o1. The first kappa shape index (κ1) is 13.8. The fraction of sp³-hybridized carbons (Fsp3) is 0.700. The highest BCUT2D eigenvalue weighted by Crippen LogP contribution is 2.08. The molecule has 1 rings (SSSR count). The topological polar surface area (TPSA) is 80.0 Å². The van der Waals surface area contributed by atoms with Crippen molar-refractivity contribution in [3.63, 3.8) is 0 Å². The number of nitrogens with one attached hydrogen (secondary N) is 2. The molecule has 0 fully saturated rings. The van der Waals surface area contributed by atoms with E-state index in [1.54, 1.807) is 6.92 Å². The van der Waals surface area contributed by atoms with Crippen LogP contribution in [0.25, 0.3) is 0 Å². The van der Waals surface area contributed by atoms with Crippen LogP contribution in [0.4, 0.5) is 6.01 Å². The summed E-state index contributed by atoms with van der Waals surface area (Å²) < 4.78 is 5.25. The first-order valence-corrected chi connectivity index (χ1v) is 6.01. The van der Waals surface area contributed by atoms with Gasteiger partial charge in [-0.15, -0.1) is 16.7 Å². The largest absolute Gasteiger partial charge is 0.408 e. The maximum Gasteiger partial charge on any atom is 0.316 e. The van der Waals surface area contributed by atoms with Crippen LogP contribution in [0.5, 0.6) is 0 Å². The third kappa shape index (κ3) is 4.60. The van der Waals surface area contributed by atoms with Gasteiger partial charge in [-0.3, -0.25) is 4.79 Å². The molecule has 1 amide bonds. The normalized spacial score (nSPS) is 12.5. The lowest BCUT2D eigenvalue weighted by Crippen LogP contribution is -2.41. The number of hydrogen-bond acceptors (Lipinski definition) is 5. The Morgan fingerprint density at radius 3 is 2.71 bits per heavy atom. The number of aryl methyl sites for hydroxylation is 1. The van der Waals surface area contributed by atoms with Crippen LogP contribution in [0.3, 0.4) is 0 Å². The lowest BCUT2D eigenvalue weighted by atomic mass is 10.3. The number of aromatic nitrogens is 2. The number of carbonyl (C=O) groups excluding carboxylic acids is 1. The quantitative estimate of drug-likeness (QED) is 0.751. The molecule has 0 spiro atoms. The van der Waals surface area contributed by atoms with Gasteiger partial charge in [0.05, 0.1) is 0 Å². The van der Waals surface area contributed by atoms with Gasteiger partial charge >= 0.3 is 6.01 Å². The van der Waals surface area contributed by atoms with E-state index in [0.29, 0.717) is 18.2 Å². The second-order valence-corrected chi connectivity index (χ2v) is 4.35. The summed E-state index contributed by atoms with van der Waals surface area (Å²) in [5, 5.41) is 13.2. The summed E-state index contributed by atoms with van der Waals surface area (Å²) in [4.78, 5) is 11.6. The van der Waals surface area contributed by atoms with E-state index in [9.17, 15) is 4.79 Å². The Kier molecular flexibility index (Phi) is 5.21. The average molecular weight is 261 g/mol. The van der Waals surface area contributed by atoms with Gasteiger partial charge in [0.2, 0.25) is 11.8 Å². The van der Waals surface area contributed by atoms with Crippen LogP contribution in [0.2, 0.25) is 0 Å². The number of carbonyl (C=O) groups is 1. The molecule has 1 aromatic rings. The smallest absolute Gasteiger partial charge is 0.316 e. The van der Waals surface area contributed by atoms with Crippen molar-refractivity contribution >= 4 is 23.5 Å². The van der Waals surface area contributed by atoms with Gasteiger partial charge < -0.3 is 15.1 Å². The molecule has 0 aliphatic carbocycles. The molecular weight excluding hydrogens is 244 g/mol. The van der Waals surface area contributed by atoms with Crippen LogP contribution in [0, 0.1) is 0 Å². The zero-order valence-corrected chi connectivity index (χ0v) is 10.9. The number of hydrogen-bond donors (Lipinski definition) is 2. The molecule has 0 saturated heterocycles. The second kappa shape index (κ2) is 6.44. The number of halogens is 1. The molecule has 0 radical (unpaired) electrons. The molecule has 1 aromatic heterocycles. The fourth-order valence-corrected chi connectivity index (χ4v) is 1.32.